The Kier molecular flexibility index (Phi) is 2.06. The predicted octanol–water partition coefficient (Wildman–Crippen LogP) is 4.21. The van der Waals surface area contributed by atoms with Gasteiger partial charge in [0.15, 0.2) is 0 Å². The number of hydrogen-bond acceptors (Lipinski definition) is 1. The summed E-state index contributed by atoms with van der Waals surface area (Å²) in [5, 5.41) is 0.430. The lowest BCUT2D eigenvalue weighted by Crippen LogP contribution is -2.04. The summed E-state index contributed by atoms with van der Waals surface area (Å²) in [6.45, 7) is 0. The van der Waals surface area contributed by atoms with Crippen LogP contribution in [0.2, 0.25) is 0 Å². The minimum absolute atomic E-state index is 0.133. The topological polar surface area (TPSA) is 13.1 Å². The second kappa shape index (κ2) is 3.02. The molecule has 5 heteroatoms. The lowest BCUT2D eigenvalue weighted by molar-refractivity contribution is -0.136. The first kappa shape index (κ1) is 9.58. The van der Waals surface area contributed by atoms with Crippen molar-refractivity contribution in [2.75, 3.05) is 0 Å². The molecule has 0 aliphatic heterocycles. The molecule has 0 atom stereocenters. The Hall–Kier alpha value is -0.970. The maximum absolute atomic E-state index is 12.5. The maximum atomic E-state index is 12.5. The number of halogens is 4. The van der Waals surface area contributed by atoms with Crippen LogP contribution in [0.5, 0.6) is 0 Å². The van der Waals surface area contributed by atoms with Gasteiger partial charge < -0.3 is 4.42 Å². The van der Waals surface area contributed by atoms with Crippen molar-refractivity contribution in [3.05, 3.63) is 34.5 Å². The van der Waals surface area contributed by atoms with Crippen molar-refractivity contribution in [3.8, 4) is 0 Å². The molecule has 1 aromatic heterocycles. The molecule has 0 aliphatic rings. The van der Waals surface area contributed by atoms with Gasteiger partial charge in [-0.25, -0.2) is 0 Å². The fraction of sp³-hybridized carbons (Fsp3) is 0.111. The summed E-state index contributed by atoms with van der Waals surface area (Å²) in [4.78, 5) is 0. The Morgan fingerprint density at radius 2 is 1.93 bits per heavy atom. The zero-order valence-corrected chi connectivity index (χ0v) is 8.32. The second-order valence-electron chi connectivity index (χ2n) is 2.76. The molecule has 1 aromatic carbocycles. The highest BCUT2D eigenvalue weighted by molar-refractivity contribution is 9.10. The molecule has 0 saturated carbocycles. The third-order valence-corrected chi connectivity index (χ3v) is 2.47. The molecule has 0 radical (unpaired) electrons. The number of para-hydroxylation sites is 1. The number of hydrogen-bond donors (Lipinski definition) is 0. The van der Waals surface area contributed by atoms with E-state index in [1.54, 1.807) is 6.07 Å². The SMILES string of the molecule is FC(F)(F)c1cccc2c(Br)coc12. The Bertz CT molecular complexity index is 472. The summed E-state index contributed by atoms with van der Waals surface area (Å²) >= 11 is 3.11. The maximum Gasteiger partial charge on any atom is 0.420 e. The van der Waals surface area contributed by atoms with E-state index < -0.39 is 11.7 Å². The van der Waals surface area contributed by atoms with E-state index in [1.165, 1.54) is 12.3 Å². The van der Waals surface area contributed by atoms with Gasteiger partial charge in [-0.05, 0) is 28.1 Å². The first-order valence-corrected chi connectivity index (χ1v) is 4.52. The quantitative estimate of drug-likeness (QED) is 0.695. The summed E-state index contributed by atoms with van der Waals surface area (Å²) in [5.41, 5.74) is -0.882. The van der Waals surface area contributed by atoms with Gasteiger partial charge in [0, 0.05) is 5.39 Å². The summed E-state index contributed by atoms with van der Waals surface area (Å²) in [6, 6.07) is 3.92. The van der Waals surface area contributed by atoms with Crippen molar-refractivity contribution in [2.45, 2.75) is 6.18 Å². The highest BCUT2D eigenvalue weighted by atomic mass is 79.9. The van der Waals surface area contributed by atoms with E-state index in [1.807, 2.05) is 0 Å². The van der Waals surface area contributed by atoms with Crippen LogP contribution >= 0.6 is 15.9 Å². The second-order valence-corrected chi connectivity index (χ2v) is 3.62. The zero-order valence-electron chi connectivity index (χ0n) is 6.73. The predicted molar refractivity (Wildman–Crippen MR) is 48.9 cm³/mol. The van der Waals surface area contributed by atoms with Gasteiger partial charge in [0.2, 0.25) is 0 Å². The van der Waals surface area contributed by atoms with Gasteiger partial charge in [-0.15, -0.1) is 0 Å². The van der Waals surface area contributed by atoms with Crippen LogP contribution < -0.4 is 0 Å². The molecule has 1 nitrogen and oxygen atoms in total. The minimum atomic E-state index is -4.38. The van der Waals surface area contributed by atoms with Crippen LogP contribution in [0, 0.1) is 0 Å². The summed E-state index contributed by atoms with van der Waals surface area (Å²) < 4.78 is 42.7. The molecule has 0 aliphatic carbocycles. The molecule has 14 heavy (non-hydrogen) atoms. The van der Waals surface area contributed by atoms with Crippen molar-refractivity contribution in [3.63, 3.8) is 0 Å². The average Bonchev–Trinajstić information content (AvgIpc) is 2.46. The molecule has 0 amide bonds. The van der Waals surface area contributed by atoms with Crippen molar-refractivity contribution >= 4 is 26.9 Å². The van der Waals surface area contributed by atoms with Crippen molar-refractivity contribution in [2.24, 2.45) is 0 Å². The highest BCUT2D eigenvalue weighted by Gasteiger charge is 2.34. The lowest BCUT2D eigenvalue weighted by Gasteiger charge is -2.05. The van der Waals surface area contributed by atoms with E-state index >= 15 is 0 Å². The number of benzene rings is 1. The Balaban J connectivity index is 2.79. The average molecular weight is 265 g/mol. The van der Waals surface area contributed by atoms with Crippen LogP contribution in [0.1, 0.15) is 5.56 Å². The first-order chi connectivity index (χ1) is 6.50. The monoisotopic (exact) mass is 264 g/mol. The van der Waals surface area contributed by atoms with Crippen molar-refractivity contribution in [1.29, 1.82) is 0 Å². The van der Waals surface area contributed by atoms with Crippen LogP contribution in [0.25, 0.3) is 11.0 Å². The van der Waals surface area contributed by atoms with Crippen LogP contribution in [0.15, 0.2) is 33.4 Å². The molecule has 0 N–H and O–H groups in total. The van der Waals surface area contributed by atoms with Gasteiger partial charge >= 0.3 is 6.18 Å². The molecule has 2 aromatic rings. The van der Waals surface area contributed by atoms with Crippen molar-refractivity contribution in [1.82, 2.24) is 0 Å². The summed E-state index contributed by atoms with van der Waals surface area (Å²) in [5.74, 6) is 0. The van der Waals surface area contributed by atoms with Crippen LogP contribution in [0.4, 0.5) is 13.2 Å². The number of fused-ring (bicyclic) bond motifs is 1. The number of alkyl halides is 3. The normalized spacial score (nSPS) is 12.3. The van der Waals surface area contributed by atoms with Gasteiger partial charge in [-0.1, -0.05) is 6.07 Å². The minimum Gasteiger partial charge on any atom is -0.462 e. The number of furan rings is 1. The summed E-state index contributed by atoms with van der Waals surface area (Å²) in [6.07, 6.45) is -3.13. The summed E-state index contributed by atoms with van der Waals surface area (Å²) in [7, 11) is 0. The lowest BCUT2D eigenvalue weighted by atomic mass is 10.1. The standard InChI is InChI=1S/C9H4BrF3O/c10-7-4-14-8-5(7)2-1-3-6(8)9(11,12)13/h1-4H. The third kappa shape index (κ3) is 1.41. The van der Waals surface area contributed by atoms with Crippen LogP contribution in [-0.4, -0.2) is 0 Å². The van der Waals surface area contributed by atoms with E-state index in [9.17, 15) is 13.2 Å². The van der Waals surface area contributed by atoms with Gasteiger partial charge in [0.25, 0.3) is 0 Å². The van der Waals surface area contributed by atoms with E-state index in [0.717, 1.165) is 6.07 Å². The molecule has 0 spiro atoms. The van der Waals surface area contributed by atoms with E-state index in [-0.39, 0.29) is 5.58 Å². The molecule has 0 fully saturated rings. The Morgan fingerprint density at radius 3 is 2.57 bits per heavy atom. The van der Waals surface area contributed by atoms with E-state index in [2.05, 4.69) is 15.9 Å². The molecule has 2 rings (SSSR count). The van der Waals surface area contributed by atoms with Gasteiger partial charge in [0.05, 0.1) is 10.0 Å². The zero-order chi connectivity index (χ0) is 10.3. The van der Waals surface area contributed by atoms with Gasteiger partial charge in [0.1, 0.15) is 11.8 Å². The molecule has 1 heterocycles. The van der Waals surface area contributed by atoms with Crippen molar-refractivity contribution < 1.29 is 17.6 Å². The Morgan fingerprint density at radius 1 is 1.21 bits per heavy atom. The first-order valence-electron chi connectivity index (χ1n) is 3.73. The van der Waals surface area contributed by atoms with E-state index in [4.69, 9.17) is 4.42 Å². The number of rotatable bonds is 0. The third-order valence-electron chi connectivity index (χ3n) is 1.86. The van der Waals surface area contributed by atoms with Crippen LogP contribution in [0.3, 0.4) is 0 Å². The fourth-order valence-corrected chi connectivity index (χ4v) is 1.66. The smallest absolute Gasteiger partial charge is 0.420 e. The molecule has 74 valence electrons. The van der Waals surface area contributed by atoms with Crippen LogP contribution in [-0.2, 0) is 6.18 Å². The molecular formula is C9H4BrF3O. The molecular weight excluding hydrogens is 261 g/mol. The molecule has 0 saturated heterocycles. The van der Waals surface area contributed by atoms with E-state index in [0.29, 0.717) is 9.86 Å². The molecule has 0 unspecified atom stereocenters. The van der Waals surface area contributed by atoms with Gasteiger partial charge in [-0.2, -0.15) is 13.2 Å². The van der Waals surface area contributed by atoms with Gasteiger partial charge in [-0.3, -0.25) is 0 Å². The largest absolute Gasteiger partial charge is 0.462 e. The fourth-order valence-electron chi connectivity index (χ4n) is 1.25. The Labute approximate surface area is 85.6 Å². The highest BCUT2D eigenvalue weighted by Crippen LogP contribution is 2.37. The molecule has 0 bridgehead atoms.